The molecule has 4 nitrogen and oxygen atoms in total. The number of aliphatic hydroxyl groups excluding tert-OH is 1. The van der Waals surface area contributed by atoms with Crippen LogP contribution in [0.1, 0.15) is 105 Å². The molecule has 2 atom stereocenters. The molecule has 1 fully saturated rings. The smallest absolute Gasteiger partial charge is 0.123 e. The monoisotopic (exact) mass is 500 g/mol. The van der Waals surface area contributed by atoms with Gasteiger partial charge in [-0.15, -0.1) is 0 Å². The third kappa shape index (κ3) is 4.83. The summed E-state index contributed by atoms with van der Waals surface area (Å²) < 4.78 is 8.81. The van der Waals surface area contributed by atoms with E-state index in [1.54, 1.807) is 11.1 Å². The van der Waals surface area contributed by atoms with Crippen molar-refractivity contribution in [3.8, 4) is 5.75 Å². The Morgan fingerprint density at radius 2 is 1.81 bits per heavy atom. The van der Waals surface area contributed by atoms with Crippen molar-refractivity contribution in [3.05, 3.63) is 64.3 Å². The summed E-state index contributed by atoms with van der Waals surface area (Å²) in [5, 5.41) is 12.6. The van der Waals surface area contributed by atoms with Crippen molar-refractivity contribution in [2.75, 3.05) is 19.7 Å². The molecule has 1 saturated carbocycles. The Balaban J connectivity index is 1.20. The molecule has 4 heteroatoms. The van der Waals surface area contributed by atoms with Crippen molar-refractivity contribution in [2.45, 2.75) is 103 Å². The minimum atomic E-state index is -0.500. The number of β-amino-alcohol motifs (C(OH)–C–C–N with tert-alkyl or cyclic N) is 1. The van der Waals surface area contributed by atoms with E-state index in [0.717, 1.165) is 24.8 Å². The van der Waals surface area contributed by atoms with Gasteiger partial charge in [-0.2, -0.15) is 0 Å². The zero-order valence-corrected chi connectivity index (χ0v) is 23.0. The molecule has 0 bridgehead atoms. The number of benzene rings is 2. The number of ether oxygens (including phenoxy) is 1. The minimum absolute atomic E-state index is 0.340. The lowest BCUT2D eigenvalue weighted by molar-refractivity contribution is 0.0372. The van der Waals surface area contributed by atoms with E-state index >= 15 is 0 Å². The van der Waals surface area contributed by atoms with E-state index in [0.29, 0.717) is 25.1 Å². The second kappa shape index (κ2) is 10.5. The van der Waals surface area contributed by atoms with E-state index < -0.39 is 6.10 Å². The van der Waals surface area contributed by atoms with Crippen molar-refractivity contribution in [2.24, 2.45) is 0 Å². The summed E-state index contributed by atoms with van der Waals surface area (Å²) in [6.45, 7) is 9.49. The van der Waals surface area contributed by atoms with Crippen molar-refractivity contribution >= 4 is 10.9 Å². The molecule has 3 aromatic rings. The summed E-state index contributed by atoms with van der Waals surface area (Å²) in [5.74, 6) is 2.07. The molecular weight excluding hydrogens is 456 g/mol. The van der Waals surface area contributed by atoms with Gasteiger partial charge in [0.1, 0.15) is 18.5 Å². The van der Waals surface area contributed by atoms with E-state index in [4.69, 9.17) is 4.74 Å². The maximum absolute atomic E-state index is 11.1. The van der Waals surface area contributed by atoms with E-state index in [2.05, 4.69) is 66.6 Å². The third-order valence-electron chi connectivity index (χ3n) is 9.25. The Bertz CT molecular complexity index is 1250. The normalized spacial score (nSPS) is 21.4. The Hall–Kier alpha value is -2.30. The molecule has 0 spiro atoms. The molecule has 198 valence electrons. The summed E-state index contributed by atoms with van der Waals surface area (Å²) in [6.07, 6.45) is 9.98. The van der Waals surface area contributed by atoms with Gasteiger partial charge >= 0.3 is 0 Å². The molecule has 0 radical (unpaired) electrons. The fourth-order valence-corrected chi connectivity index (χ4v) is 7.36. The minimum Gasteiger partial charge on any atom is -0.491 e. The molecule has 37 heavy (non-hydrogen) atoms. The quantitative estimate of drug-likeness (QED) is 0.371. The summed E-state index contributed by atoms with van der Waals surface area (Å²) in [5.41, 5.74) is 8.52. The van der Waals surface area contributed by atoms with Crippen molar-refractivity contribution in [1.82, 2.24) is 9.47 Å². The SMILES string of the molecule is Cc1ccc(C(C)C)c(OC[C@H](O)CN2CCn3c4c(c5cc(C6CCCCC6)ccc53)CCC[C@H]42)c1. The van der Waals surface area contributed by atoms with Crippen LogP contribution in [0.2, 0.25) is 0 Å². The number of hydrogen-bond acceptors (Lipinski definition) is 3. The zero-order chi connectivity index (χ0) is 25.5. The molecule has 2 aromatic carbocycles. The number of nitrogens with zero attached hydrogens (tertiary/aromatic N) is 2. The van der Waals surface area contributed by atoms with Crippen LogP contribution in [0.4, 0.5) is 0 Å². The van der Waals surface area contributed by atoms with Gasteiger partial charge in [0.25, 0.3) is 0 Å². The summed E-state index contributed by atoms with van der Waals surface area (Å²) >= 11 is 0. The van der Waals surface area contributed by atoms with Crippen molar-refractivity contribution in [1.29, 1.82) is 0 Å². The van der Waals surface area contributed by atoms with Gasteiger partial charge in [-0.3, -0.25) is 4.90 Å². The number of hydrogen-bond donors (Lipinski definition) is 1. The highest BCUT2D eigenvalue weighted by Crippen LogP contribution is 2.44. The molecule has 0 amide bonds. The summed E-state index contributed by atoms with van der Waals surface area (Å²) in [6, 6.07) is 14.2. The van der Waals surface area contributed by atoms with E-state index in [9.17, 15) is 5.11 Å². The van der Waals surface area contributed by atoms with Crippen LogP contribution in [-0.2, 0) is 13.0 Å². The molecule has 1 N–H and O–H groups in total. The van der Waals surface area contributed by atoms with E-state index in [1.807, 2.05) is 0 Å². The maximum Gasteiger partial charge on any atom is 0.123 e. The predicted molar refractivity (Wildman–Crippen MR) is 152 cm³/mol. The Morgan fingerprint density at radius 3 is 2.62 bits per heavy atom. The third-order valence-corrected chi connectivity index (χ3v) is 9.25. The van der Waals surface area contributed by atoms with Crippen LogP contribution in [-0.4, -0.2) is 40.4 Å². The Kier molecular flexibility index (Phi) is 7.07. The fraction of sp³-hybridized carbons (Fsp3) is 0.576. The van der Waals surface area contributed by atoms with Gasteiger partial charge in [0.05, 0.1) is 6.04 Å². The van der Waals surface area contributed by atoms with E-state index in [-0.39, 0.29) is 0 Å². The van der Waals surface area contributed by atoms with Crippen molar-refractivity contribution < 1.29 is 9.84 Å². The number of fused-ring (bicyclic) bond motifs is 3. The van der Waals surface area contributed by atoms with Crippen LogP contribution in [0.25, 0.3) is 10.9 Å². The molecule has 1 aliphatic heterocycles. The largest absolute Gasteiger partial charge is 0.491 e. The molecule has 0 saturated heterocycles. The summed E-state index contributed by atoms with van der Waals surface area (Å²) in [4.78, 5) is 2.53. The van der Waals surface area contributed by atoms with Gasteiger partial charge in [-0.05, 0) is 91.3 Å². The van der Waals surface area contributed by atoms with Crippen molar-refractivity contribution in [3.63, 3.8) is 0 Å². The highest BCUT2D eigenvalue weighted by atomic mass is 16.5. The van der Waals surface area contributed by atoms with Gasteiger partial charge in [-0.25, -0.2) is 0 Å². The number of rotatable bonds is 7. The first-order chi connectivity index (χ1) is 18.0. The first kappa shape index (κ1) is 25.0. The highest BCUT2D eigenvalue weighted by molar-refractivity contribution is 5.87. The lowest BCUT2D eigenvalue weighted by atomic mass is 9.83. The van der Waals surface area contributed by atoms with Crippen LogP contribution in [0.5, 0.6) is 5.75 Å². The van der Waals surface area contributed by atoms with Gasteiger partial charge in [0, 0.05) is 36.2 Å². The average molecular weight is 501 g/mol. The number of aliphatic hydroxyl groups is 1. The van der Waals surface area contributed by atoms with Gasteiger partial charge < -0.3 is 14.4 Å². The molecule has 0 unspecified atom stereocenters. The molecule has 3 aliphatic rings. The van der Waals surface area contributed by atoms with E-state index in [1.165, 1.54) is 79.1 Å². The molecule has 2 heterocycles. The number of aromatic nitrogens is 1. The van der Waals surface area contributed by atoms with Crippen LogP contribution < -0.4 is 4.74 Å². The predicted octanol–water partition coefficient (Wildman–Crippen LogP) is 7.25. The lowest BCUT2D eigenvalue weighted by Crippen LogP contribution is -2.44. The molecule has 6 rings (SSSR count). The van der Waals surface area contributed by atoms with Crippen LogP contribution in [0, 0.1) is 6.92 Å². The van der Waals surface area contributed by atoms with Crippen LogP contribution in [0.3, 0.4) is 0 Å². The first-order valence-electron chi connectivity index (χ1n) is 14.8. The topological polar surface area (TPSA) is 37.6 Å². The molecule has 2 aliphatic carbocycles. The highest BCUT2D eigenvalue weighted by Gasteiger charge is 2.35. The fourth-order valence-electron chi connectivity index (χ4n) is 7.36. The maximum atomic E-state index is 11.1. The second-order valence-corrected chi connectivity index (χ2v) is 12.2. The zero-order valence-electron chi connectivity index (χ0n) is 23.0. The standard InChI is InChI=1S/C33H44N2O2/c1-22(2)27-14-12-23(3)18-32(27)37-21-26(36)20-34-16-17-35-30-15-13-25(24-8-5-4-6-9-24)19-29(30)28-10-7-11-31(34)33(28)35/h12-15,18-19,22,24,26,31,36H,4-11,16-17,20-21H2,1-3H3/t26-,31-/m1/s1. The average Bonchev–Trinajstić information content (AvgIpc) is 3.23. The summed E-state index contributed by atoms with van der Waals surface area (Å²) in [7, 11) is 0. The Morgan fingerprint density at radius 1 is 0.973 bits per heavy atom. The van der Waals surface area contributed by atoms with Crippen LogP contribution in [0.15, 0.2) is 36.4 Å². The lowest BCUT2D eigenvalue weighted by Gasteiger charge is -2.40. The van der Waals surface area contributed by atoms with Gasteiger partial charge in [0.15, 0.2) is 0 Å². The number of aryl methyl sites for hydroxylation is 2. The molecule has 1 aromatic heterocycles. The van der Waals surface area contributed by atoms with Crippen LogP contribution >= 0.6 is 0 Å². The van der Waals surface area contributed by atoms with Gasteiger partial charge in [0.2, 0.25) is 0 Å². The second-order valence-electron chi connectivity index (χ2n) is 12.2. The first-order valence-corrected chi connectivity index (χ1v) is 14.8. The van der Waals surface area contributed by atoms with Gasteiger partial charge in [-0.1, -0.05) is 51.3 Å². The molecular formula is C33H44N2O2. The Labute approximate surface area is 222 Å².